The number of nitrogens with zero attached hydrogens (tertiary/aromatic N) is 1. The van der Waals surface area contributed by atoms with Crippen molar-refractivity contribution < 1.29 is 12.8 Å². The molecule has 0 aliphatic heterocycles. The van der Waals surface area contributed by atoms with Gasteiger partial charge in [0.25, 0.3) is 10.0 Å². The van der Waals surface area contributed by atoms with Gasteiger partial charge >= 0.3 is 0 Å². The van der Waals surface area contributed by atoms with Crippen LogP contribution in [-0.4, -0.2) is 18.6 Å². The van der Waals surface area contributed by atoms with Gasteiger partial charge in [-0.2, -0.15) is 13.5 Å². The molecule has 0 amide bonds. The van der Waals surface area contributed by atoms with Crippen molar-refractivity contribution in [1.29, 1.82) is 0 Å². The highest BCUT2D eigenvalue weighted by atomic mass is 35.5. The highest BCUT2D eigenvalue weighted by Crippen LogP contribution is 2.29. The van der Waals surface area contributed by atoms with Gasteiger partial charge < -0.3 is 5.73 Å². The number of H-pyrrole nitrogens is 1. The first kappa shape index (κ1) is 16.0. The first-order chi connectivity index (χ1) is 9.76. The topological polar surface area (TPSA) is 101 Å². The summed E-state index contributed by atoms with van der Waals surface area (Å²) in [7, 11) is -3.99. The van der Waals surface area contributed by atoms with E-state index in [4.69, 9.17) is 28.9 Å². The highest BCUT2D eigenvalue weighted by Gasteiger charge is 2.23. The van der Waals surface area contributed by atoms with E-state index >= 15 is 0 Å². The van der Waals surface area contributed by atoms with Gasteiger partial charge in [-0.25, -0.2) is 4.39 Å². The van der Waals surface area contributed by atoms with Crippen LogP contribution in [0.25, 0.3) is 0 Å². The molecule has 0 radical (unpaired) electrons. The zero-order chi connectivity index (χ0) is 15.8. The van der Waals surface area contributed by atoms with E-state index in [0.29, 0.717) is 11.3 Å². The lowest BCUT2D eigenvalue weighted by Crippen LogP contribution is -2.16. The van der Waals surface area contributed by atoms with Crippen LogP contribution in [0.15, 0.2) is 17.2 Å². The Hall–Kier alpha value is -1.35. The van der Waals surface area contributed by atoms with Gasteiger partial charge in [0, 0.05) is 17.8 Å². The van der Waals surface area contributed by atoms with Crippen molar-refractivity contribution in [1.82, 2.24) is 10.2 Å². The van der Waals surface area contributed by atoms with Crippen LogP contribution in [0.1, 0.15) is 11.3 Å². The Morgan fingerprint density at radius 3 is 2.48 bits per heavy atom. The van der Waals surface area contributed by atoms with Crippen molar-refractivity contribution in [3.05, 3.63) is 39.3 Å². The van der Waals surface area contributed by atoms with Crippen LogP contribution in [0.3, 0.4) is 0 Å². The molecule has 0 atom stereocenters. The molecule has 1 aromatic heterocycles. The maximum absolute atomic E-state index is 13.3. The number of sulfonamides is 1. The fourth-order valence-corrected chi connectivity index (χ4v) is 3.45. The Kier molecular flexibility index (Phi) is 4.43. The molecule has 1 heterocycles. The molecule has 0 spiro atoms. The van der Waals surface area contributed by atoms with E-state index in [-0.39, 0.29) is 27.3 Å². The van der Waals surface area contributed by atoms with E-state index in [1.165, 1.54) is 0 Å². The smallest absolute Gasteiger partial charge is 0.281 e. The molecule has 0 aliphatic rings. The van der Waals surface area contributed by atoms with Crippen LogP contribution >= 0.6 is 23.2 Å². The van der Waals surface area contributed by atoms with Gasteiger partial charge in [0.05, 0.1) is 15.7 Å². The molecule has 0 fully saturated rings. The average Bonchev–Trinajstić information content (AvgIpc) is 2.77. The molecule has 0 bridgehead atoms. The lowest BCUT2D eigenvalue weighted by molar-refractivity contribution is 0.595. The number of aryl methyl sites for hydroxylation is 1. The SMILES string of the molecule is Cc1[nH]nc(S(=O)(=O)Nc2cc(Cl)c(F)c(Cl)c2)c1CN. The minimum atomic E-state index is -3.99. The van der Waals surface area contributed by atoms with Gasteiger partial charge in [0.15, 0.2) is 5.82 Å². The number of nitrogens with one attached hydrogen (secondary N) is 2. The molecule has 114 valence electrons. The molecule has 2 aromatic rings. The summed E-state index contributed by atoms with van der Waals surface area (Å²) in [5.41, 5.74) is 6.45. The minimum absolute atomic E-state index is 0.00348. The van der Waals surface area contributed by atoms with Crippen LogP contribution in [0.5, 0.6) is 0 Å². The summed E-state index contributed by atoms with van der Waals surface area (Å²) in [6.45, 7) is 1.66. The molecule has 10 heteroatoms. The highest BCUT2D eigenvalue weighted by molar-refractivity contribution is 7.92. The van der Waals surface area contributed by atoms with E-state index in [2.05, 4.69) is 14.9 Å². The number of anilines is 1. The predicted octanol–water partition coefficient (Wildman–Crippen LogP) is 2.42. The van der Waals surface area contributed by atoms with E-state index < -0.39 is 15.8 Å². The third-order valence-corrected chi connectivity index (χ3v) is 4.63. The van der Waals surface area contributed by atoms with Crippen molar-refractivity contribution >= 4 is 38.9 Å². The molecule has 2 rings (SSSR count). The number of rotatable bonds is 4. The summed E-state index contributed by atoms with van der Waals surface area (Å²) in [4.78, 5) is 0. The summed E-state index contributed by atoms with van der Waals surface area (Å²) >= 11 is 11.2. The van der Waals surface area contributed by atoms with Crippen molar-refractivity contribution in [3.8, 4) is 0 Å². The monoisotopic (exact) mass is 352 g/mol. The van der Waals surface area contributed by atoms with Gasteiger partial charge in [-0.15, -0.1) is 0 Å². The third-order valence-electron chi connectivity index (χ3n) is 2.73. The maximum Gasteiger partial charge on any atom is 0.281 e. The van der Waals surface area contributed by atoms with Crippen molar-refractivity contribution in [3.63, 3.8) is 0 Å². The lowest BCUT2D eigenvalue weighted by atomic mass is 10.3. The zero-order valence-corrected chi connectivity index (χ0v) is 13.1. The molecular weight excluding hydrogens is 342 g/mol. The first-order valence-electron chi connectivity index (χ1n) is 5.67. The third kappa shape index (κ3) is 3.13. The van der Waals surface area contributed by atoms with Crippen LogP contribution < -0.4 is 10.5 Å². The summed E-state index contributed by atoms with van der Waals surface area (Å²) in [5.74, 6) is -0.820. The number of aromatic amines is 1. The summed E-state index contributed by atoms with van der Waals surface area (Å²) in [5, 5.41) is 5.46. The van der Waals surface area contributed by atoms with E-state index in [1.807, 2.05) is 0 Å². The lowest BCUT2D eigenvalue weighted by Gasteiger charge is -2.09. The molecule has 6 nitrogen and oxygen atoms in total. The Bertz CT molecular complexity index is 769. The number of hydrogen-bond donors (Lipinski definition) is 3. The summed E-state index contributed by atoms with van der Waals surface area (Å²) in [6, 6.07) is 2.23. The second-order valence-corrected chi connectivity index (χ2v) is 6.61. The minimum Gasteiger partial charge on any atom is -0.326 e. The number of aromatic nitrogens is 2. The summed E-state index contributed by atoms with van der Waals surface area (Å²) in [6.07, 6.45) is 0. The standard InChI is InChI=1S/C11H11Cl2FN4O2S/c1-5-7(4-15)11(17-16-5)21(19,20)18-6-2-8(12)10(14)9(13)3-6/h2-3,18H,4,15H2,1H3,(H,16,17). The van der Waals surface area contributed by atoms with E-state index in [9.17, 15) is 12.8 Å². The molecule has 0 aliphatic carbocycles. The van der Waals surface area contributed by atoms with Crippen molar-refractivity contribution in [2.24, 2.45) is 5.73 Å². The second kappa shape index (κ2) is 5.80. The molecule has 0 saturated heterocycles. The Morgan fingerprint density at radius 1 is 1.38 bits per heavy atom. The fourth-order valence-electron chi connectivity index (χ4n) is 1.71. The number of halogens is 3. The molecule has 4 N–H and O–H groups in total. The molecule has 1 aromatic carbocycles. The molecule has 0 unspecified atom stereocenters. The predicted molar refractivity (Wildman–Crippen MR) is 78.4 cm³/mol. The Balaban J connectivity index is 2.42. The van der Waals surface area contributed by atoms with Gasteiger partial charge in [-0.05, 0) is 19.1 Å². The number of hydrogen-bond acceptors (Lipinski definition) is 4. The van der Waals surface area contributed by atoms with Gasteiger partial charge in [-0.1, -0.05) is 23.2 Å². The van der Waals surface area contributed by atoms with Crippen molar-refractivity contribution in [2.45, 2.75) is 18.5 Å². The van der Waals surface area contributed by atoms with Crippen LogP contribution in [0.2, 0.25) is 10.0 Å². The molecule has 0 saturated carbocycles. The second-order valence-electron chi connectivity index (χ2n) is 4.20. The first-order valence-corrected chi connectivity index (χ1v) is 7.91. The van der Waals surface area contributed by atoms with Crippen molar-refractivity contribution in [2.75, 3.05) is 4.72 Å². The van der Waals surface area contributed by atoms with Crippen LogP contribution in [0, 0.1) is 12.7 Å². The zero-order valence-electron chi connectivity index (χ0n) is 10.7. The van der Waals surface area contributed by atoms with Gasteiger partial charge in [0.1, 0.15) is 0 Å². The normalized spacial score (nSPS) is 11.7. The summed E-state index contributed by atoms with van der Waals surface area (Å²) < 4.78 is 40.1. The Labute approximate surface area is 130 Å². The Morgan fingerprint density at radius 2 is 1.95 bits per heavy atom. The van der Waals surface area contributed by atoms with Gasteiger partial charge in [0.2, 0.25) is 5.03 Å². The molecule has 21 heavy (non-hydrogen) atoms. The maximum atomic E-state index is 13.3. The number of benzene rings is 1. The average molecular weight is 353 g/mol. The van der Waals surface area contributed by atoms with Gasteiger partial charge in [-0.3, -0.25) is 9.82 Å². The largest absolute Gasteiger partial charge is 0.326 e. The quantitative estimate of drug-likeness (QED) is 0.735. The van der Waals surface area contributed by atoms with Crippen LogP contribution in [-0.2, 0) is 16.6 Å². The fraction of sp³-hybridized carbons (Fsp3) is 0.182. The molecular formula is C11H11Cl2FN4O2S. The van der Waals surface area contributed by atoms with Crippen LogP contribution in [0.4, 0.5) is 10.1 Å². The number of nitrogens with two attached hydrogens (primary N) is 1. The van der Waals surface area contributed by atoms with E-state index in [1.54, 1.807) is 6.92 Å². The van der Waals surface area contributed by atoms with E-state index in [0.717, 1.165) is 12.1 Å².